The zero-order valence-electron chi connectivity index (χ0n) is 9.85. The molecule has 6 heteroatoms. The molecule has 2 aromatic rings. The monoisotopic (exact) mass is 248 g/mol. The second-order valence-corrected chi connectivity index (χ2v) is 3.90. The minimum atomic E-state index is -0.531. The van der Waals surface area contributed by atoms with Gasteiger partial charge in [-0.1, -0.05) is 0 Å². The summed E-state index contributed by atoms with van der Waals surface area (Å²) in [5.41, 5.74) is 6.43. The lowest BCUT2D eigenvalue weighted by Gasteiger charge is -2.04. The molecule has 1 aromatic heterocycles. The second kappa shape index (κ2) is 4.87. The molecule has 0 bridgehead atoms. The molecule has 0 radical (unpaired) electrons. The van der Waals surface area contributed by atoms with Crippen LogP contribution in [0.15, 0.2) is 30.5 Å². The largest absolute Gasteiger partial charge is 0.396 e. The first-order valence-corrected chi connectivity index (χ1v) is 5.38. The Hall–Kier alpha value is -2.37. The van der Waals surface area contributed by atoms with Crippen LogP contribution in [-0.2, 0) is 13.6 Å². The maximum atomic E-state index is 12.9. The molecule has 0 aliphatic carbocycles. The molecule has 0 aliphatic heterocycles. The number of aromatic nitrogens is 2. The standard InChI is InChI=1S/C12H13FN4O/c1-17-5-4-9(16-17)7-15-12(18)8-2-3-10(13)11(14)6-8/h2-6H,7,14H2,1H3,(H,15,18). The van der Waals surface area contributed by atoms with E-state index in [-0.39, 0.29) is 11.6 Å². The molecule has 0 atom stereocenters. The Labute approximate surface area is 103 Å². The van der Waals surface area contributed by atoms with Gasteiger partial charge < -0.3 is 11.1 Å². The predicted octanol–water partition coefficient (Wildman–Crippen LogP) is 1.07. The summed E-state index contributed by atoms with van der Waals surface area (Å²) >= 11 is 0. The van der Waals surface area contributed by atoms with Crippen LogP contribution in [-0.4, -0.2) is 15.7 Å². The summed E-state index contributed by atoms with van der Waals surface area (Å²) in [4.78, 5) is 11.8. The number of nitrogens with zero attached hydrogens (tertiary/aromatic N) is 2. The fourth-order valence-electron chi connectivity index (χ4n) is 1.52. The number of benzene rings is 1. The van der Waals surface area contributed by atoms with Crippen LogP contribution >= 0.6 is 0 Å². The number of amides is 1. The van der Waals surface area contributed by atoms with E-state index in [4.69, 9.17) is 5.73 Å². The van der Waals surface area contributed by atoms with Crippen LogP contribution in [0.1, 0.15) is 16.1 Å². The Morgan fingerprint density at radius 1 is 1.50 bits per heavy atom. The Morgan fingerprint density at radius 3 is 2.89 bits per heavy atom. The Bertz CT molecular complexity index is 579. The molecule has 0 saturated heterocycles. The van der Waals surface area contributed by atoms with E-state index < -0.39 is 5.82 Å². The van der Waals surface area contributed by atoms with Gasteiger partial charge in [-0.2, -0.15) is 5.10 Å². The molecule has 1 heterocycles. The lowest BCUT2D eigenvalue weighted by molar-refractivity contribution is 0.0950. The molecule has 0 spiro atoms. The average Bonchev–Trinajstić information content (AvgIpc) is 2.75. The van der Waals surface area contributed by atoms with E-state index in [9.17, 15) is 9.18 Å². The maximum Gasteiger partial charge on any atom is 0.251 e. The van der Waals surface area contributed by atoms with Gasteiger partial charge >= 0.3 is 0 Å². The van der Waals surface area contributed by atoms with E-state index >= 15 is 0 Å². The molecule has 1 aromatic carbocycles. The van der Waals surface area contributed by atoms with Crippen molar-refractivity contribution in [2.45, 2.75) is 6.54 Å². The van der Waals surface area contributed by atoms with Crippen LogP contribution in [0.5, 0.6) is 0 Å². The Balaban J connectivity index is 2.01. The predicted molar refractivity (Wildman–Crippen MR) is 65.2 cm³/mol. The number of hydrogen-bond acceptors (Lipinski definition) is 3. The van der Waals surface area contributed by atoms with Crippen molar-refractivity contribution >= 4 is 11.6 Å². The van der Waals surface area contributed by atoms with E-state index in [2.05, 4.69) is 10.4 Å². The molecule has 0 fully saturated rings. The average molecular weight is 248 g/mol. The van der Waals surface area contributed by atoms with Gasteiger partial charge in [-0.3, -0.25) is 9.48 Å². The second-order valence-electron chi connectivity index (χ2n) is 3.90. The summed E-state index contributed by atoms with van der Waals surface area (Å²) in [6.07, 6.45) is 1.79. The smallest absolute Gasteiger partial charge is 0.251 e. The third-order valence-corrected chi connectivity index (χ3v) is 2.46. The van der Waals surface area contributed by atoms with Crippen LogP contribution in [0.4, 0.5) is 10.1 Å². The van der Waals surface area contributed by atoms with Gasteiger partial charge in [-0.15, -0.1) is 0 Å². The molecule has 5 nitrogen and oxygen atoms in total. The van der Waals surface area contributed by atoms with Gasteiger partial charge in [0.15, 0.2) is 0 Å². The van der Waals surface area contributed by atoms with Crippen LogP contribution < -0.4 is 11.1 Å². The highest BCUT2D eigenvalue weighted by molar-refractivity contribution is 5.94. The first-order chi connectivity index (χ1) is 8.56. The SMILES string of the molecule is Cn1ccc(CNC(=O)c2ccc(F)c(N)c2)n1. The topological polar surface area (TPSA) is 72.9 Å². The normalized spacial score (nSPS) is 10.3. The van der Waals surface area contributed by atoms with Crippen molar-refractivity contribution in [3.63, 3.8) is 0 Å². The minimum Gasteiger partial charge on any atom is -0.396 e. The third kappa shape index (κ3) is 2.65. The van der Waals surface area contributed by atoms with Crippen molar-refractivity contribution in [2.75, 3.05) is 5.73 Å². The quantitative estimate of drug-likeness (QED) is 0.798. The number of hydrogen-bond donors (Lipinski definition) is 2. The van der Waals surface area contributed by atoms with Gasteiger partial charge in [-0.25, -0.2) is 4.39 Å². The van der Waals surface area contributed by atoms with Gasteiger partial charge in [0.25, 0.3) is 5.91 Å². The van der Waals surface area contributed by atoms with Crippen LogP contribution in [0, 0.1) is 5.82 Å². The fraction of sp³-hybridized carbons (Fsp3) is 0.167. The van der Waals surface area contributed by atoms with Crippen LogP contribution in [0.25, 0.3) is 0 Å². The zero-order chi connectivity index (χ0) is 13.1. The summed E-state index contributed by atoms with van der Waals surface area (Å²) in [6.45, 7) is 0.316. The molecular weight excluding hydrogens is 235 g/mol. The number of aryl methyl sites for hydroxylation is 1. The number of nitrogens with one attached hydrogen (secondary N) is 1. The van der Waals surface area contributed by atoms with Crippen molar-refractivity contribution < 1.29 is 9.18 Å². The molecule has 2 rings (SSSR count). The van der Waals surface area contributed by atoms with Crippen molar-refractivity contribution in [1.82, 2.24) is 15.1 Å². The highest BCUT2D eigenvalue weighted by Gasteiger charge is 2.08. The summed E-state index contributed by atoms with van der Waals surface area (Å²) in [5, 5.41) is 6.81. The van der Waals surface area contributed by atoms with Gasteiger partial charge in [0.2, 0.25) is 0 Å². The highest BCUT2D eigenvalue weighted by Crippen LogP contribution is 2.12. The zero-order valence-corrected chi connectivity index (χ0v) is 9.85. The van der Waals surface area contributed by atoms with Crippen molar-refractivity contribution in [1.29, 1.82) is 0 Å². The van der Waals surface area contributed by atoms with Crippen molar-refractivity contribution in [3.05, 3.63) is 47.5 Å². The molecule has 18 heavy (non-hydrogen) atoms. The third-order valence-electron chi connectivity index (χ3n) is 2.46. The number of rotatable bonds is 3. The molecule has 0 saturated carbocycles. The van der Waals surface area contributed by atoms with Crippen LogP contribution in [0.2, 0.25) is 0 Å². The Kier molecular flexibility index (Phi) is 3.27. The molecule has 94 valence electrons. The van der Waals surface area contributed by atoms with Crippen molar-refractivity contribution in [3.8, 4) is 0 Å². The number of carbonyl (C=O) groups excluding carboxylic acids is 1. The van der Waals surface area contributed by atoms with E-state index in [1.807, 2.05) is 0 Å². The Morgan fingerprint density at radius 2 is 2.28 bits per heavy atom. The van der Waals surface area contributed by atoms with Crippen LogP contribution in [0.3, 0.4) is 0 Å². The summed E-state index contributed by atoms with van der Waals surface area (Å²) in [6, 6.07) is 5.67. The first-order valence-electron chi connectivity index (χ1n) is 5.38. The molecule has 0 unspecified atom stereocenters. The summed E-state index contributed by atoms with van der Waals surface area (Å²) in [5.74, 6) is -0.844. The number of halogens is 1. The van der Waals surface area contributed by atoms with Gasteiger partial charge in [0.1, 0.15) is 5.82 Å². The van der Waals surface area contributed by atoms with Gasteiger partial charge in [0.05, 0.1) is 17.9 Å². The van der Waals surface area contributed by atoms with E-state index in [0.717, 1.165) is 5.69 Å². The van der Waals surface area contributed by atoms with E-state index in [1.165, 1.54) is 18.2 Å². The lowest BCUT2D eigenvalue weighted by atomic mass is 10.2. The number of nitrogens with two attached hydrogens (primary N) is 1. The molecule has 0 aliphatic rings. The fourth-order valence-corrected chi connectivity index (χ4v) is 1.52. The number of carbonyl (C=O) groups is 1. The number of nitrogen functional groups attached to an aromatic ring is 1. The number of anilines is 1. The molecule has 3 N–H and O–H groups in total. The lowest BCUT2D eigenvalue weighted by Crippen LogP contribution is -2.23. The minimum absolute atomic E-state index is 0.0412. The van der Waals surface area contributed by atoms with Gasteiger partial charge in [0, 0.05) is 18.8 Å². The summed E-state index contributed by atoms with van der Waals surface area (Å²) in [7, 11) is 1.80. The molecule has 1 amide bonds. The van der Waals surface area contributed by atoms with E-state index in [0.29, 0.717) is 12.1 Å². The maximum absolute atomic E-state index is 12.9. The van der Waals surface area contributed by atoms with Crippen molar-refractivity contribution in [2.24, 2.45) is 7.05 Å². The van der Waals surface area contributed by atoms with Gasteiger partial charge in [-0.05, 0) is 24.3 Å². The highest BCUT2D eigenvalue weighted by atomic mass is 19.1. The first kappa shape index (κ1) is 12.1. The molecular formula is C12H13FN4O. The summed E-state index contributed by atoms with van der Waals surface area (Å²) < 4.78 is 14.6. The van der Waals surface area contributed by atoms with E-state index in [1.54, 1.807) is 24.0 Å².